The van der Waals surface area contributed by atoms with Gasteiger partial charge in [-0.1, -0.05) is 30.3 Å². The molecule has 0 saturated heterocycles. The first kappa shape index (κ1) is 15.1. The smallest absolute Gasteiger partial charge is 0.228 e. The van der Waals surface area contributed by atoms with Crippen LogP contribution in [0.15, 0.2) is 48.5 Å². The van der Waals surface area contributed by atoms with Gasteiger partial charge in [0, 0.05) is 17.9 Å². The first-order valence-electron chi connectivity index (χ1n) is 6.91. The third kappa shape index (κ3) is 4.61. The van der Waals surface area contributed by atoms with Crippen molar-refractivity contribution in [2.75, 3.05) is 25.1 Å². The summed E-state index contributed by atoms with van der Waals surface area (Å²) >= 11 is 0. The maximum Gasteiger partial charge on any atom is 0.228 e. The SMILES string of the molecule is CN(C)Cc1ccccc1NC(=O)Cc1ccc(N)cc1. The van der Waals surface area contributed by atoms with Crippen molar-refractivity contribution in [3.8, 4) is 0 Å². The van der Waals surface area contributed by atoms with E-state index in [4.69, 9.17) is 5.73 Å². The number of amides is 1. The third-order valence-electron chi connectivity index (χ3n) is 3.12. The number of benzene rings is 2. The standard InChI is InChI=1S/C17H21N3O/c1-20(2)12-14-5-3-4-6-16(14)19-17(21)11-13-7-9-15(18)10-8-13/h3-10H,11-12,18H2,1-2H3,(H,19,21). The monoisotopic (exact) mass is 283 g/mol. The molecule has 2 rings (SSSR count). The van der Waals surface area contributed by atoms with Crippen molar-refractivity contribution in [1.82, 2.24) is 4.90 Å². The van der Waals surface area contributed by atoms with E-state index in [1.165, 1.54) is 0 Å². The van der Waals surface area contributed by atoms with Gasteiger partial charge in [0.25, 0.3) is 0 Å². The Morgan fingerprint density at radius 2 is 1.76 bits per heavy atom. The van der Waals surface area contributed by atoms with E-state index >= 15 is 0 Å². The highest BCUT2D eigenvalue weighted by molar-refractivity contribution is 5.93. The Bertz CT molecular complexity index is 606. The molecule has 110 valence electrons. The van der Waals surface area contributed by atoms with Gasteiger partial charge < -0.3 is 16.0 Å². The van der Waals surface area contributed by atoms with E-state index in [1.54, 1.807) is 0 Å². The minimum Gasteiger partial charge on any atom is -0.399 e. The van der Waals surface area contributed by atoms with Crippen LogP contribution in [0.5, 0.6) is 0 Å². The number of carbonyl (C=O) groups is 1. The molecule has 0 spiro atoms. The zero-order valence-corrected chi connectivity index (χ0v) is 12.5. The molecule has 0 heterocycles. The molecule has 1 amide bonds. The molecule has 3 N–H and O–H groups in total. The molecule has 4 heteroatoms. The lowest BCUT2D eigenvalue weighted by molar-refractivity contribution is -0.115. The van der Waals surface area contributed by atoms with Gasteiger partial charge in [0.2, 0.25) is 5.91 Å². The molecule has 0 bridgehead atoms. The van der Waals surface area contributed by atoms with Crippen molar-refractivity contribution in [2.45, 2.75) is 13.0 Å². The lowest BCUT2D eigenvalue weighted by Crippen LogP contribution is -2.18. The van der Waals surface area contributed by atoms with Crippen molar-refractivity contribution < 1.29 is 4.79 Å². The topological polar surface area (TPSA) is 58.4 Å². The number of hydrogen-bond donors (Lipinski definition) is 2. The molecule has 2 aromatic carbocycles. The zero-order chi connectivity index (χ0) is 15.2. The van der Waals surface area contributed by atoms with Gasteiger partial charge >= 0.3 is 0 Å². The molecule has 0 fully saturated rings. The summed E-state index contributed by atoms with van der Waals surface area (Å²) in [6, 6.07) is 15.2. The van der Waals surface area contributed by atoms with Crippen molar-refractivity contribution in [1.29, 1.82) is 0 Å². The number of para-hydroxylation sites is 1. The quantitative estimate of drug-likeness (QED) is 0.829. The minimum absolute atomic E-state index is 0.0222. The summed E-state index contributed by atoms with van der Waals surface area (Å²) in [5.74, 6) is -0.0222. The molecule has 0 aliphatic heterocycles. The van der Waals surface area contributed by atoms with Gasteiger partial charge in [0.05, 0.1) is 6.42 Å². The normalized spacial score (nSPS) is 10.6. The van der Waals surface area contributed by atoms with Crippen LogP contribution < -0.4 is 11.1 Å². The largest absolute Gasteiger partial charge is 0.399 e. The van der Waals surface area contributed by atoms with Crippen LogP contribution in [0.4, 0.5) is 11.4 Å². The summed E-state index contributed by atoms with van der Waals surface area (Å²) in [5, 5.41) is 2.98. The first-order chi connectivity index (χ1) is 10.0. The summed E-state index contributed by atoms with van der Waals surface area (Å²) in [6.45, 7) is 0.790. The highest BCUT2D eigenvalue weighted by atomic mass is 16.1. The second-order valence-corrected chi connectivity index (χ2v) is 5.36. The second kappa shape index (κ2) is 6.90. The van der Waals surface area contributed by atoms with E-state index in [0.29, 0.717) is 12.1 Å². The van der Waals surface area contributed by atoms with Gasteiger partial charge in [-0.3, -0.25) is 4.79 Å². The summed E-state index contributed by atoms with van der Waals surface area (Å²) in [6.07, 6.45) is 0.344. The number of carbonyl (C=O) groups excluding carboxylic acids is 1. The molecule has 0 saturated carbocycles. The molecular formula is C17H21N3O. The average molecular weight is 283 g/mol. The Kier molecular flexibility index (Phi) is 4.95. The fraction of sp³-hybridized carbons (Fsp3) is 0.235. The maximum absolute atomic E-state index is 12.1. The van der Waals surface area contributed by atoms with Crippen LogP contribution in [0.1, 0.15) is 11.1 Å². The van der Waals surface area contributed by atoms with Crippen molar-refractivity contribution in [3.63, 3.8) is 0 Å². The van der Waals surface area contributed by atoms with Crippen LogP contribution >= 0.6 is 0 Å². The fourth-order valence-electron chi connectivity index (χ4n) is 2.14. The van der Waals surface area contributed by atoms with Crippen molar-refractivity contribution in [3.05, 3.63) is 59.7 Å². The van der Waals surface area contributed by atoms with Gasteiger partial charge in [-0.15, -0.1) is 0 Å². The maximum atomic E-state index is 12.1. The number of nitrogen functional groups attached to an aromatic ring is 1. The molecule has 0 aliphatic rings. The minimum atomic E-state index is -0.0222. The van der Waals surface area contributed by atoms with E-state index in [-0.39, 0.29) is 5.91 Å². The van der Waals surface area contributed by atoms with Gasteiger partial charge in [0.15, 0.2) is 0 Å². The highest BCUT2D eigenvalue weighted by Crippen LogP contribution is 2.17. The summed E-state index contributed by atoms with van der Waals surface area (Å²) in [7, 11) is 4.01. The van der Waals surface area contributed by atoms with Crippen LogP contribution in [0.3, 0.4) is 0 Å². The van der Waals surface area contributed by atoms with Gasteiger partial charge in [-0.2, -0.15) is 0 Å². The van der Waals surface area contributed by atoms with Crippen LogP contribution in [-0.2, 0) is 17.8 Å². The molecule has 21 heavy (non-hydrogen) atoms. The molecule has 0 atom stereocenters. The molecule has 0 aliphatic carbocycles. The van der Waals surface area contributed by atoms with E-state index in [9.17, 15) is 4.79 Å². The number of anilines is 2. The Morgan fingerprint density at radius 3 is 2.43 bits per heavy atom. The Hall–Kier alpha value is -2.33. The van der Waals surface area contributed by atoms with E-state index in [1.807, 2.05) is 62.6 Å². The Labute approximate surface area is 125 Å². The molecule has 2 aromatic rings. The Balaban J connectivity index is 2.04. The average Bonchev–Trinajstić information content (AvgIpc) is 2.43. The summed E-state index contributed by atoms with van der Waals surface area (Å²) < 4.78 is 0. The molecule has 0 radical (unpaired) electrons. The molecular weight excluding hydrogens is 262 g/mol. The fourth-order valence-corrected chi connectivity index (χ4v) is 2.14. The number of nitrogens with one attached hydrogen (secondary N) is 1. The van der Waals surface area contributed by atoms with Gasteiger partial charge in [-0.25, -0.2) is 0 Å². The third-order valence-corrected chi connectivity index (χ3v) is 3.12. The lowest BCUT2D eigenvalue weighted by atomic mass is 10.1. The van der Waals surface area contributed by atoms with Crippen LogP contribution in [0.25, 0.3) is 0 Å². The summed E-state index contributed by atoms with van der Waals surface area (Å²) in [5.41, 5.74) is 9.27. The zero-order valence-electron chi connectivity index (χ0n) is 12.5. The van der Waals surface area contributed by atoms with Crippen molar-refractivity contribution >= 4 is 17.3 Å². The van der Waals surface area contributed by atoms with Crippen LogP contribution in [-0.4, -0.2) is 24.9 Å². The van der Waals surface area contributed by atoms with E-state index in [2.05, 4.69) is 10.2 Å². The van der Waals surface area contributed by atoms with Crippen LogP contribution in [0, 0.1) is 0 Å². The van der Waals surface area contributed by atoms with Crippen LogP contribution in [0.2, 0.25) is 0 Å². The number of hydrogen-bond acceptors (Lipinski definition) is 3. The molecule has 4 nitrogen and oxygen atoms in total. The Morgan fingerprint density at radius 1 is 1.10 bits per heavy atom. The number of nitrogens with zero attached hydrogens (tertiary/aromatic N) is 1. The second-order valence-electron chi connectivity index (χ2n) is 5.36. The van der Waals surface area contributed by atoms with Gasteiger partial charge in [0.1, 0.15) is 0 Å². The lowest BCUT2D eigenvalue weighted by Gasteiger charge is -2.15. The highest BCUT2D eigenvalue weighted by Gasteiger charge is 2.08. The number of rotatable bonds is 5. The van der Waals surface area contributed by atoms with Crippen molar-refractivity contribution in [2.24, 2.45) is 0 Å². The molecule has 0 unspecified atom stereocenters. The predicted molar refractivity (Wildman–Crippen MR) is 87.0 cm³/mol. The summed E-state index contributed by atoms with van der Waals surface area (Å²) in [4.78, 5) is 14.2. The van der Waals surface area contributed by atoms with E-state index in [0.717, 1.165) is 23.4 Å². The number of nitrogens with two attached hydrogens (primary N) is 1. The first-order valence-corrected chi connectivity index (χ1v) is 6.91. The van der Waals surface area contributed by atoms with E-state index < -0.39 is 0 Å². The molecule has 0 aromatic heterocycles. The van der Waals surface area contributed by atoms with Gasteiger partial charge in [-0.05, 0) is 43.4 Å². The predicted octanol–water partition coefficient (Wildman–Crippen LogP) is 2.51.